The highest BCUT2D eigenvalue weighted by Crippen LogP contribution is 2.65. The quantitative estimate of drug-likeness (QED) is 0.656. The first kappa shape index (κ1) is 11.1. The largest absolute Gasteiger partial charge is 0.493 e. The van der Waals surface area contributed by atoms with Crippen molar-refractivity contribution in [3.8, 4) is 5.75 Å². The smallest absolute Gasteiger partial charge is 0.126 e. The molecule has 0 amide bonds. The van der Waals surface area contributed by atoms with Crippen molar-refractivity contribution >= 4 is 0 Å². The predicted octanol–water partition coefficient (Wildman–Crippen LogP) is 4.13. The topological polar surface area (TPSA) is 9.23 Å². The van der Waals surface area contributed by atoms with E-state index in [1.54, 1.807) is 6.07 Å². The van der Waals surface area contributed by atoms with E-state index in [9.17, 15) is 4.39 Å². The first-order chi connectivity index (χ1) is 7.92. The molecule has 0 saturated heterocycles. The zero-order valence-electron chi connectivity index (χ0n) is 10.7. The molecule has 1 unspecified atom stereocenters. The second kappa shape index (κ2) is 3.24. The maximum atomic E-state index is 13.2. The van der Waals surface area contributed by atoms with Crippen molar-refractivity contribution in [1.29, 1.82) is 0 Å². The van der Waals surface area contributed by atoms with Gasteiger partial charge in [0.1, 0.15) is 11.6 Å². The summed E-state index contributed by atoms with van der Waals surface area (Å²) in [5, 5.41) is 0. The molecule has 2 aliphatic rings. The van der Waals surface area contributed by atoms with Crippen LogP contribution in [0.15, 0.2) is 18.2 Å². The number of ether oxygens (including phenoxy) is 1. The first-order valence-corrected chi connectivity index (χ1v) is 6.35. The van der Waals surface area contributed by atoms with E-state index in [1.807, 2.05) is 6.07 Å². The van der Waals surface area contributed by atoms with Gasteiger partial charge in [-0.05, 0) is 29.9 Å². The van der Waals surface area contributed by atoms with Crippen molar-refractivity contribution in [2.75, 3.05) is 6.61 Å². The maximum absolute atomic E-state index is 13.2. The molecule has 17 heavy (non-hydrogen) atoms. The molecule has 92 valence electrons. The molecular weight excluding hydrogens is 215 g/mol. The summed E-state index contributed by atoms with van der Waals surface area (Å²) in [6.07, 6.45) is 2.48. The van der Waals surface area contributed by atoms with Crippen molar-refractivity contribution in [1.82, 2.24) is 0 Å². The van der Waals surface area contributed by atoms with Crippen LogP contribution >= 0.6 is 0 Å². The summed E-state index contributed by atoms with van der Waals surface area (Å²) < 4.78 is 19.0. The van der Waals surface area contributed by atoms with Gasteiger partial charge in [0.2, 0.25) is 0 Å². The second-order valence-corrected chi connectivity index (χ2v) is 6.63. The van der Waals surface area contributed by atoms with Crippen molar-refractivity contribution in [2.24, 2.45) is 10.8 Å². The highest BCUT2D eigenvalue weighted by atomic mass is 19.1. The zero-order chi connectivity index (χ0) is 12.3. The van der Waals surface area contributed by atoms with E-state index < -0.39 is 0 Å². The fraction of sp³-hybridized carbons (Fsp3) is 0.600. The number of halogens is 1. The monoisotopic (exact) mass is 234 g/mol. The zero-order valence-corrected chi connectivity index (χ0v) is 10.7. The van der Waals surface area contributed by atoms with Gasteiger partial charge >= 0.3 is 0 Å². The summed E-state index contributed by atoms with van der Waals surface area (Å²) in [7, 11) is 0. The number of hydrogen-bond donors (Lipinski definition) is 0. The lowest BCUT2D eigenvalue weighted by atomic mass is 9.66. The van der Waals surface area contributed by atoms with E-state index in [0.717, 1.165) is 12.4 Å². The number of benzene rings is 1. The number of hydrogen-bond acceptors (Lipinski definition) is 1. The maximum Gasteiger partial charge on any atom is 0.126 e. The summed E-state index contributed by atoms with van der Waals surface area (Å²) in [5.41, 5.74) is 1.72. The normalized spacial score (nSPS) is 25.3. The molecule has 0 N–H and O–H groups in total. The minimum absolute atomic E-state index is 0.201. The molecule has 1 aliphatic heterocycles. The van der Waals surface area contributed by atoms with Crippen LogP contribution in [0.2, 0.25) is 0 Å². The predicted molar refractivity (Wildman–Crippen MR) is 65.8 cm³/mol. The van der Waals surface area contributed by atoms with Crippen molar-refractivity contribution in [3.63, 3.8) is 0 Å². The Bertz CT molecular complexity index is 454. The Labute approximate surface area is 102 Å². The van der Waals surface area contributed by atoms with E-state index in [1.165, 1.54) is 24.5 Å². The number of rotatable bonds is 0. The molecule has 1 aromatic carbocycles. The molecule has 1 nitrogen and oxygen atoms in total. The van der Waals surface area contributed by atoms with Crippen LogP contribution in [0.5, 0.6) is 5.75 Å². The average Bonchev–Trinajstić information content (AvgIpc) is 2.97. The van der Waals surface area contributed by atoms with Crippen molar-refractivity contribution in [2.45, 2.75) is 39.5 Å². The fourth-order valence-electron chi connectivity index (χ4n) is 3.49. The molecule has 1 aromatic rings. The fourth-order valence-corrected chi connectivity index (χ4v) is 3.49. The molecule has 1 fully saturated rings. The van der Waals surface area contributed by atoms with Crippen LogP contribution in [-0.2, 0) is 0 Å². The molecule has 0 radical (unpaired) electrons. The van der Waals surface area contributed by atoms with E-state index in [2.05, 4.69) is 20.8 Å². The Morgan fingerprint density at radius 2 is 2.00 bits per heavy atom. The lowest BCUT2D eigenvalue weighted by Crippen LogP contribution is -2.35. The Balaban J connectivity index is 2.11. The number of fused-ring (bicyclic) bond motifs is 1. The average molecular weight is 234 g/mol. The SMILES string of the molecule is CC(C)(C)C1c2ccc(F)cc2OCC12CC2. The molecule has 1 spiro atoms. The molecule has 2 heteroatoms. The standard InChI is InChI=1S/C15H19FO/c1-14(2,3)13-11-5-4-10(16)8-12(11)17-9-15(13)6-7-15/h4-5,8,13H,6-7,9H2,1-3H3. The summed E-state index contributed by atoms with van der Waals surface area (Å²) in [4.78, 5) is 0. The highest BCUT2D eigenvalue weighted by Gasteiger charge is 2.57. The van der Waals surface area contributed by atoms with Gasteiger partial charge in [0, 0.05) is 17.4 Å². The molecule has 1 aliphatic carbocycles. The van der Waals surface area contributed by atoms with Gasteiger partial charge in [0.15, 0.2) is 0 Å². The van der Waals surface area contributed by atoms with Gasteiger partial charge in [0.25, 0.3) is 0 Å². The molecule has 1 saturated carbocycles. The van der Waals surface area contributed by atoms with Crippen LogP contribution in [0, 0.1) is 16.6 Å². The van der Waals surface area contributed by atoms with Gasteiger partial charge in [-0.1, -0.05) is 26.8 Å². The van der Waals surface area contributed by atoms with Crippen LogP contribution in [0.1, 0.15) is 45.1 Å². The third kappa shape index (κ3) is 1.65. The Morgan fingerprint density at radius 1 is 1.29 bits per heavy atom. The van der Waals surface area contributed by atoms with Gasteiger partial charge in [-0.3, -0.25) is 0 Å². The second-order valence-electron chi connectivity index (χ2n) is 6.63. The minimum Gasteiger partial charge on any atom is -0.493 e. The molecule has 0 bridgehead atoms. The molecule has 0 aromatic heterocycles. The van der Waals surface area contributed by atoms with E-state index in [4.69, 9.17) is 4.74 Å². The summed E-state index contributed by atoms with van der Waals surface area (Å²) in [6, 6.07) is 5.01. The summed E-state index contributed by atoms with van der Waals surface area (Å²) >= 11 is 0. The minimum atomic E-state index is -0.205. The van der Waals surface area contributed by atoms with Gasteiger partial charge in [-0.2, -0.15) is 0 Å². The van der Waals surface area contributed by atoms with Gasteiger partial charge in [-0.15, -0.1) is 0 Å². The lowest BCUT2D eigenvalue weighted by Gasteiger charge is -2.42. The van der Waals surface area contributed by atoms with Crippen LogP contribution in [0.25, 0.3) is 0 Å². The van der Waals surface area contributed by atoms with Crippen molar-refractivity contribution in [3.05, 3.63) is 29.6 Å². The molecule has 3 rings (SSSR count). The Kier molecular flexibility index (Phi) is 2.11. The van der Waals surface area contributed by atoms with Gasteiger partial charge < -0.3 is 4.74 Å². The lowest BCUT2D eigenvalue weighted by molar-refractivity contribution is 0.113. The van der Waals surface area contributed by atoms with Gasteiger partial charge in [-0.25, -0.2) is 4.39 Å². The van der Waals surface area contributed by atoms with Gasteiger partial charge in [0.05, 0.1) is 6.61 Å². The van der Waals surface area contributed by atoms with E-state index in [0.29, 0.717) is 11.3 Å². The van der Waals surface area contributed by atoms with Crippen LogP contribution < -0.4 is 4.74 Å². The van der Waals surface area contributed by atoms with E-state index >= 15 is 0 Å². The van der Waals surface area contributed by atoms with Crippen LogP contribution in [0.4, 0.5) is 4.39 Å². The molecule has 1 atom stereocenters. The van der Waals surface area contributed by atoms with Crippen LogP contribution in [-0.4, -0.2) is 6.61 Å². The summed E-state index contributed by atoms with van der Waals surface area (Å²) in [6.45, 7) is 7.58. The van der Waals surface area contributed by atoms with E-state index in [-0.39, 0.29) is 11.2 Å². The summed E-state index contributed by atoms with van der Waals surface area (Å²) in [5.74, 6) is 1.03. The third-order valence-corrected chi connectivity index (χ3v) is 4.17. The third-order valence-electron chi connectivity index (χ3n) is 4.17. The Morgan fingerprint density at radius 3 is 2.59 bits per heavy atom. The van der Waals surface area contributed by atoms with Crippen molar-refractivity contribution < 1.29 is 9.13 Å². The molecular formula is C15H19FO. The molecule has 1 heterocycles. The first-order valence-electron chi connectivity index (χ1n) is 6.35. The van der Waals surface area contributed by atoms with Crippen LogP contribution in [0.3, 0.4) is 0 Å². The Hall–Kier alpha value is -1.05. The highest BCUT2D eigenvalue weighted by molar-refractivity contribution is 5.42.